The number of hydrogen-bond donors (Lipinski definition) is 0. The average Bonchev–Trinajstić information content (AvgIpc) is 2.55. The van der Waals surface area contributed by atoms with Gasteiger partial charge < -0.3 is 4.57 Å². The Labute approximate surface area is 133 Å². The quantitative estimate of drug-likeness (QED) is 0.504. The third-order valence-electron chi connectivity index (χ3n) is 4.44. The number of para-hydroxylation sites is 1. The van der Waals surface area contributed by atoms with E-state index in [2.05, 4.69) is 38.1 Å². The lowest BCUT2D eigenvalue weighted by Gasteiger charge is -2.18. The van der Waals surface area contributed by atoms with Crippen molar-refractivity contribution in [1.82, 2.24) is 4.57 Å². The van der Waals surface area contributed by atoms with Gasteiger partial charge in [0.2, 0.25) is 0 Å². The Bertz CT molecular complexity index is 696. The summed E-state index contributed by atoms with van der Waals surface area (Å²) >= 11 is 0. The molecule has 0 saturated heterocycles. The molecule has 2 aromatic rings. The SMILES string of the molecule is CC=CCCCC(CC)c1cc2ccccc2n(CC)c1=O. The third-order valence-corrected chi connectivity index (χ3v) is 4.44. The van der Waals surface area contributed by atoms with E-state index in [1.54, 1.807) is 0 Å². The van der Waals surface area contributed by atoms with Gasteiger partial charge >= 0.3 is 0 Å². The standard InChI is InChI=1S/C20H27NO/c1-4-7-8-9-12-16(5-2)18-15-17-13-10-11-14-19(17)21(6-3)20(18)22/h4,7,10-11,13-16H,5-6,8-9,12H2,1-3H3. The number of rotatable bonds is 7. The Morgan fingerprint density at radius 1 is 1.23 bits per heavy atom. The molecule has 0 spiro atoms. The Hall–Kier alpha value is -1.83. The molecule has 0 bridgehead atoms. The summed E-state index contributed by atoms with van der Waals surface area (Å²) in [4.78, 5) is 12.9. The smallest absolute Gasteiger partial charge is 0.254 e. The Morgan fingerprint density at radius 2 is 2.00 bits per heavy atom. The van der Waals surface area contributed by atoms with Crippen LogP contribution in [0.3, 0.4) is 0 Å². The van der Waals surface area contributed by atoms with Crippen LogP contribution in [0, 0.1) is 0 Å². The highest BCUT2D eigenvalue weighted by atomic mass is 16.1. The number of hydrogen-bond acceptors (Lipinski definition) is 1. The number of unbranched alkanes of at least 4 members (excludes halogenated alkanes) is 1. The largest absolute Gasteiger partial charge is 0.308 e. The van der Waals surface area contributed by atoms with Gasteiger partial charge in [-0.2, -0.15) is 0 Å². The molecule has 0 aliphatic heterocycles. The molecule has 2 rings (SSSR count). The molecular weight excluding hydrogens is 270 g/mol. The Balaban J connectivity index is 2.40. The fourth-order valence-corrected chi connectivity index (χ4v) is 3.18. The summed E-state index contributed by atoms with van der Waals surface area (Å²) in [5, 5.41) is 1.17. The van der Waals surface area contributed by atoms with Crippen LogP contribution in [-0.4, -0.2) is 4.57 Å². The van der Waals surface area contributed by atoms with Crippen molar-refractivity contribution < 1.29 is 0 Å². The van der Waals surface area contributed by atoms with E-state index in [-0.39, 0.29) is 5.56 Å². The van der Waals surface area contributed by atoms with Gasteiger partial charge in [0.25, 0.3) is 5.56 Å². The number of fused-ring (bicyclic) bond motifs is 1. The molecule has 1 aromatic heterocycles. The van der Waals surface area contributed by atoms with Crippen molar-refractivity contribution in [2.24, 2.45) is 0 Å². The van der Waals surface area contributed by atoms with E-state index in [0.717, 1.165) is 43.3 Å². The molecule has 1 unspecified atom stereocenters. The molecular formula is C20H27NO. The predicted molar refractivity (Wildman–Crippen MR) is 95.6 cm³/mol. The van der Waals surface area contributed by atoms with Gasteiger partial charge in [0, 0.05) is 12.1 Å². The van der Waals surface area contributed by atoms with E-state index in [1.807, 2.05) is 29.7 Å². The summed E-state index contributed by atoms with van der Waals surface area (Å²) in [7, 11) is 0. The number of aryl methyl sites for hydroxylation is 1. The highest BCUT2D eigenvalue weighted by molar-refractivity contribution is 5.79. The number of benzene rings is 1. The summed E-state index contributed by atoms with van der Waals surface area (Å²) in [6.45, 7) is 7.01. The summed E-state index contributed by atoms with van der Waals surface area (Å²) < 4.78 is 1.92. The van der Waals surface area contributed by atoms with Crippen LogP contribution < -0.4 is 5.56 Å². The van der Waals surface area contributed by atoms with E-state index in [9.17, 15) is 4.79 Å². The molecule has 1 atom stereocenters. The number of aromatic nitrogens is 1. The molecule has 0 N–H and O–H groups in total. The second-order valence-corrected chi connectivity index (χ2v) is 5.81. The van der Waals surface area contributed by atoms with Crippen LogP contribution in [0.25, 0.3) is 10.9 Å². The highest BCUT2D eigenvalue weighted by Gasteiger charge is 2.16. The third kappa shape index (κ3) is 3.49. The number of allylic oxidation sites excluding steroid dienone is 2. The molecule has 1 heterocycles. The Kier molecular flexibility index (Phi) is 6.00. The lowest BCUT2D eigenvalue weighted by molar-refractivity contribution is 0.568. The fourth-order valence-electron chi connectivity index (χ4n) is 3.18. The average molecular weight is 297 g/mol. The summed E-state index contributed by atoms with van der Waals surface area (Å²) in [5.74, 6) is 0.361. The maximum absolute atomic E-state index is 12.9. The van der Waals surface area contributed by atoms with Crippen LogP contribution in [0.5, 0.6) is 0 Å². The van der Waals surface area contributed by atoms with Gasteiger partial charge in [-0.3, -0.25) is 4.79 Å². The molecule has 0 aliphatic carbocycles. The van der Waals surface area contributed by atoms with Gasteiger partial charge in [-0.1, -0.05) is 37.3 Å². The van der Waals surface area contributed by atoms with E-state index in [1.165, 1.54) is 5.39 Å². The molecule has 22 heavy (non-hydrogen) atoms. The maximum Gasteiger partial charge on any atom is 0.254 e. The van der Waals surface area contributed by atoms with Crippen molar-refractivity contribution in [2.75, 3.05) is 0 Å². The minimum absolute atomic E-state index is 0.194. The normalized spacial score (nSPS) is 13.0. The zero-order valence-electron chi connectivity index (χ0n) is 14.0. The molecule has 0 saturated carbocycles. The lowest BCUT2D eigenvalue weighted by atomic mass is 9.91. The van der Waals surface area contributed by atoms with Crippen LogP contribution in [0.2, 0.25) is 0 Å². The first-order valence-corrected chi connectivity index (χ1v) is 8.46. The van der Waals surface area contributed by atoms with Crippen molar-refractivity contribution >= 4 is 10.9 Å². The number of nitrogens with zero attached hydrogens (tertiary/aromatic N) is 1. The monoisotopic (exact) mass is 297 g/mol. The molecule has 0 aliphatic rings. The van der Waals surface area contributed by atoms with Crippen molar-refractivity contribution in [2.45, 2.75) is 58.9 Å². The van der Waals surface area contributed by atoms with Gasteiger partial charge in [-0.15, -0.1) is 0 Å². The lowest BCUT2D eigenvalue weighted by Crippen LogP contribution is -2.25. The first kappa shape index (κ1) is 16.5. The summed E-state index contributed by atoms with van der Waals surface area (Å²) in [5.41, 5.74) is 2.23. The highest BCUT2D eigenvalue weighted by Crippen LogP contribution is 2.25. The second kappa shape index (κ2) is 7.98. The molecule has 118 valence electrons. The maximum atomic E-state index is 12.9. The molecule has 0 amide bonds. The van der Waals surface area contributed by atoms with Crippen LogP contribution >= 0.6 is 0 Å². The van der Waals surface area contributed by atoms with Crippen molar-refractivity contribution in [1.29, 1.82) is 0 Å². The second-order valence-electron chi connectivity index (χ2n) is 5.81. The van der Waals surface area contributed by atoms with Gasteiger partial charge in [0.15, 0.2) is 0 Å². The molecule has 2 nitrogen and oxygen atoms in total. The minimum atomic E-state index is 0.194. The van der Waals surface area contributed by atoms with Crippen LogP contribution in [0.15, 0.2) is 47.3 Å². The Morgan fingerprint density at radius 3 is 2.68 bits per heavy atom. The molecule has 1 aromatic carbocycles. The van der Waals surface area contributed by atoms with Gasteiger partial charge in [0.1, 0.15) is 0 Å². The van der Waals surface area contributed by atoms with Crippen LogP contribution in [0.4, 0.5) is 0 Å². The molecule has 0 fully saturated rings. The van der Waals surface area contributed by atoms with E-state index < -0.39 is 0 Å². The first-order chi connectivity index (χ1) is 10.7. The minimum Gasteiger partial charge on any atom is -0.308 e. The van der Waals surface area contributed by atoms with Crippen molar-refractivity contribution in [3.63, 3.8) is 0 Å². The van der Waals surface area contributed by atoms with Crippen molar-refractivity contribution in [3.8, 4) is 0 Å². The van der Waals surface area contributed by atoms with Gasteiger partial charge in [-0.05, 0) is 63.0 Å². The van der Waals surface area contributed by atoms with E-state index in [4.69, 9.17) is 0 Å². The van der Waals surface area contributed by atoms with Crippen molar-refractivity contribution in [3.05, 3.63) is 58.4 Å². The predicted octanol–water partition coefficient (Wildman–Crippen LogP) is 5.26. The van der Waals surface area contributed by atoms with Gasteiger partial charge in [0.05, 0.1) is 5.52 Å². The van der Waals surface area contributed by atoms with Crippen LogP contribution in [-0.2, 0) is 6.54 Å². The van der Waals surface area contributed by atoms with Crippen LogP contribution in [0.1, 0.15) is 57.9 Å². The first-order valence-electron chi connectivity index (χ1n) is 8.46. The zero-order chi connectivity index (χ0) is 15.9. The summed E-state index contributed by atoms with van der Waals surface area (Å²) in [6, 6.07) is 10.3. The number of pyridine rings is 1. The topological polar surface area (TPSA) is 22.0 Å². The fraction of sp³-hybridized carbons (Fsp3) is 0.450. The van der Waals surface area contributed by atoms with Gasteiger partial charge in [-0.25, -0.2) is 0 Å². The molecule has 2 heteroatoms. The van der Waals surface area contributed by atoms with E-state index >= 15 is 0 Å². The molecule has 0 radical (unpaired) electrons. The summed E-state index contributed by atoms with van der Waals surface area (Å²) in [6.07, 6.45) is 8.65. The zero-order valence-corrected chi connectivity index (χ0v) is 14.0. The van der Waals surface area contributed by atoms with E-state index in [0.29, 0.717) is 5.92 Å².